The van der Waals surface area contributed by atoms with Gasteiger partial charge in [0.25, 0.3) is 0 Å². The maximum absolute atomic E-state index is 6.67. The highest BCUT2D eigenvalue weighted by molar-refractivity contribution is 5.85. The molecule has 1 aromatic heterocycles. The molecule has 2 aliphatic rings. The summed E-state index contributed by atoms with van der Waals surface area (Å²) in [5, 5.41) is 8.13. The first-order valence-corrected chi connectivity index (χ1v) is 11.1. The maximum Gasteiger partial charge on any atom is 0.226 e. The summed E-state index contributed by atoms with van der Waals surface area (Å²) in [6.45, 7) is 2.08. The topological polar surface area (TPSA) is 70.4 Å². The predicted molar refractivity (Wildman–Crippen MR) is 129 cm³/mol. The van der Waals surface area contributed by atoms with Gasteiger partial charge in [0.1, 0.15) is 24.2 Å². The van der Waals surface area contributed by atoms with Crippen molar-refractivity contribution < 1.29 is 14.2 Å². The third-order valence-corrected chi connectivity index (χ3v) is 6.40. The Labute approximate surface area is 197 Å². The highest BCUT2D eigenvalue weighted by Gasteiger charge is 2.41. The van der Waals surface area contributed by atoms with Crippen LogP contribution in [0.15, 0.2) is 78.6 Å². The average Bonchev–Trinajstić information content (AvgIpc) is 3.35. The lowest BCUT2D eigenvalue weighted by Crippen LogP contribution is -2.32. The molecule has 6 rings (SSSR count). The van der Waals surface area contributed by atoms with Gasteiger partial charge in [-0.15, -0.1) is 0 Å². The number of aryl methyl sites for hydroxylation is 1. The molecule has 0 fully saturated rings. The van der Waals surface area contributed by atoms with E-state index in [0.717, 1.165) is 39.3 Å². The number of aromatic nitrogens is 3. The third-order valence-electron chi connectivity index (χ3n) is 6.40. The van der Waals surface area contributed by atoms with Crippen molar-refractivity contribution in [3.05, 3.63) is 101 Å². The van der Waals surface area contributed by atoms with Crippen molar-refractivity contribution >= 4 is 11.6 Å². The van der Waals surface area contributed by atoms with Gasteiger partial charge in [-0.25, -0.2) is 4.68 Å². The summed E-state index contributed by atoms with van der Waals surface area (Å²) in [6.07, 6.45) is 1.26. The average molecular weight is 453 g/mol. The number of rotatable bonds is 4. The zero-order chi connectivity index (χ0) is 23.2. The van der Waals surface area contributed by atoms with Crippen LogP contribution in [0.3, 0.4) is 0 Å². The number of fused-ring (bicyclic) bond motifs is 3. The Morgan fingerprint density at radius 2 is 1.74 bits per heavy atom. The van der Waals surface area contributed by atoms with Gasteiger partial charge < -0.3 is 19.5 Å². The number of nitrogens with zero attached hydrogens (tertiary/aromatic N) is 3. The summed E-state index contributed by atoms with van der Waals surface area (Å²) in [4.78, 5) is 4.50. The number of hydrogen-bond donors (Lipinski definition) is 1. The fourth-order valence-electron chi connectivity index (χ4n) is 4.83. The highest BCUT2D eigenvalue weighted by atomic mass is 16.5. The molecule has 170 valence electrons. The van der Waals surface area contributed by atoms with Crippen LogP contribution in [0.25, 0.3) is 5.70 Å². The first-order valence-electron chi connectivity index (χ1n) is 11.1. The van der Waals surface area contributed by atoms with E-state index in [-0.39, 0.29) is 12.1 Å². The molecule has 7 heteroatoms. The lowest BCUT2D eigenvalue weighted by molar-refractivity contribution is 0.223. The Balaban J connectivity index is 1.63. The summed E-state index contributed by atoms with van der Waals surface area (Å²) in [7, 11) is 3.28. The second kappa shape index (κ2) is 7.95. The molecule has 0 radical (unpaired) electrons. The van der Waals surface area contributed by atoms with Crippen LogP contribution in [0.5, 0.6) is 17.2 Å². The van der Waals surface area contributed by atoms with Crippen molar-refractivity contribution in [3.63, 3.8) is 0 Å². The van der Waals surface area contributed by atoms with E-state index in [0.29, 0.717) is 17.4 Å². The smallest absolute Gasteiger partial charge is 0.226 e. The minimum Gasteiger partial charge on any atom is -0.493 e. The van der Waals surface area contributed by atoms with Gasteiger partial charge in [-0.1, -0.05) is 48.0 Å². The van der Waals surface area contributed by atoms with Crippen LogP contribution < -0.4 is 19.5 Å². The summed E-state index contributed by atoms with van der Waals surface area (Å²) in [6, 6.07) is 22.2. The predicted octanol–water partition coefficient (Wildman–Crippen LogP) is 5.16. The van der Waals surface area contributed by atoms with Gasteiger partial charge in [0, 0.05) is 11.1 Å². The Bertz CT molecular complexity index is 1410. The summed E-state index contributed by atoms with van der Waals surface area (Å²) in [5.41, 5.74) is 6.30. The molecule has 1 N–H and O–H groups in total. The quantitative estimate of drug-likeness (QED) is 0.461. The van der Waals surface area contributed by atoms with E-state index in [1.807, 2.05) is 47.1 Å². The van der Waals surface area contributed by atoms with Crippen LogP contribution in [0.2, 0.25) is 0 Å². The molecule has 3 heterocycles. The molecule has 2 atom stereocenters. The Morgan fingerprint density at radius 1 is 0.912 bits per heavy atom. The Morgan fingerprint density at radius 3 is 2.53 bits per heavy atom. The van der Waals surface area contributed by atoms with Crippen LogP contribution >= 0.6 is 0 Å². The van der Waals surface area contributed by atoms with Gasteiger partial charge in [-0.05, 0) is 42.3 Å². The molecule has 0 saturated carbocycles. The molecule has 0 bridgehead atoms. The SMILES string of the molecule is COc1ccc([C@H]2C3=C(Nc4ncnn42)c2cc(C)ccc2O[C@@H]3c2ccccc2)cc1OC. The molecule has 34 heavy (non-hydrogen) atoms. The zero-order valence-electron chi connectivity index (χ0n) is 19.1. The van der Waals surface area contributed by atoms with E-state index < -0.39 is 0 Å². The van der Waals surface area contributed by atoms with Crippen LogP contribution in [0.4, 0.5) is 5.95 Å². The minimum absolute atomic E-state index is 0.257. The van der Waals surface area contributed by atoms with E-state index in [1.165, 1.54) is 0 Å². The van der Waals surface area contributed by atoms with Crippen LogP contribution in [-0.2, 0) is 0 Å². The maximum atomic E-state index is 6.67. The molecular weight excluding hydrogens is 428 g/mol. The van der Waals surface area contributed by atoms with Crippen molar-refractivity contribution in [2.45, 2.75) is 19.1 Å². The van der Waals surface area contributed by atoms with Crippen molar-refractivity contribution in [3.8, 4) is 17.2 Å². The van der Waals surface area contributed by atoms with E-state index >= 15 is 0 Å². The van der Waals surface area contributed by atoms with Gasteiger partial charge in [-0.3, -0.25) is 0 Å². The second-order valence-electron chi connectivity index (χ2n) is 8.41. The largest absolute Gasteiger partial charge is 0.493 e. The lowest BCUT2D eigenvalue weighted by atomic mass is 9.84. The number of benzene rings is 3. The van der Waals surface area contributed by atoms with E-state index in [2.05, 4.69) is 46.6 Å². The number of ether oxygens (including phenoxy) is 3. The fraction of sp³-hybridized carbons (Fsp3) is 0.185. The Hall–Kier alpha value is -4.26. The van der Waals surface area contributed by atoms with Gasteiger partial charge in [0.15, 0.2) is 11.5 Å². The van der Waals surface area contributed by atoms with Crippen LogP contribution in [0.1, 0.15) is 34.4 Å². The highest BCUT2D eigenvalue weighted by Crippen LogP contribution is 2.51. The molecule has 0 spiro atoms. The van der Waals surface area contributed by atoms with E-state index in [1.54, 1.807) is 20.5 Å². The Kier molecular flexibility index (Phi) is 4.76. The lowest BCUT2D eigenvalue weighted by Gasteiger charge is -2.39. The van der Waals surface area contributed by atoms with Crippen molar-refractivity contribution in [1.29, 1.82) is 0 Å². The monoisotopic (exact) mass is 452 g/mol. The fourth-order valence-corrected chi connectivity index (χ4v) is 4.83. The first-order chi connectivity index (χ1) is 16.7. The summed E-state index contributed by atoms with van der Waals surface area (Å²) >= 11 is 0. The van der Waals surface area contributed by atoms with Gasteiger partial charge in [0.2, 0.25) is 5.95 Å². The van der Waals surface area contributed by atoms with Gasteiger partial charge in [-0.2, -0.15) is 10.1 Å². The van der Waals surface area contributed by atoms with E-state index in [4.69, 9.17) is 14.2 Å². The molecule has 0 saturated heterocycles. The molecule has 3 aromatic carbocycles. The molecule has 2 aliphatic heterocycles. The standard InChI is InChI=1S/C27H24N4O3/c1-16-9-11-20-19(13-16)24-23(26(34-20)17-7-5-4-6-8-17)25(31-27(30-24)28-15-29-31)18-10-12-21(32-2)22(14-18)33-3/h4-15,25-26H,1-3H3,(H,28,29,30)/t25-,26+/m0/s1. The zero-order valence-corrected chi connectivity index (χ0v) is 19.1. The van der Waals surface area contributed by atoms with E-state index in [9.17, 15) is 0 Å². The number of anilines is 1. The summed E-state index contributed by atoms with van der Waals surface area (Å²) < 4.78 is 19.7. The van der Waals surface area contributed by atoms with Crippen molar-refractivity contribution in [2.75, 3.05) is 19.5 Å². The third kappa shape index (κ3) is 3.12. The molecule has 0 amide bonds. The molecule has 4 aromatic rings. The molecular formula is C27H24N4O3. The molecule has 0 unspecified atom stereocenters. The van der Waals surface area contributed by atoms with Crippen LogP contribution in [0, 0.1) is 6.92 Å². The number of methoxy groups -OCH3 is 2. The van der Waals surface area contributed by atoms with Gasteiger partial charge >= 0.3 is 0 Å². The second-order valence-corrected chi connectivity index (χ2v) is 8.41. The number of nitrogens with one attached hydrogen (secondary N) is 1. The van der Waals surface area contributed by atoms with Crippen molar-refractivity contribution in [1.82, 2.24) is 14.8 Å². The normalized spacial score (nSPS) is 18.2. The van der Waals surface area contributed by atoms with Crippen LogP contribution in [-0.4, -0.2) is 29.0 Å². The minimum atomic E-state index is -0.311. The van der Waals surface area contributed by atoms with Crippen molar-refractivity contribution in [2.24, 2.45) is 0 Å². The number of hydrogen-bond acceptors (Lipinski definition) is 6. The van der Waals surface area contributed by atoms with Gasteiger partial charge in [0.05, 0.1) is 19.9 Å². The summed E-state index contributed by atoms with van der Waals surface area (Å²) in [5.74, 6) is 2.85. The molecule has 7 nitrogen and oxygen atoms in total. The molecule has 0 aliphatic carbocycles. The first kappa shape index (κ1) is 20.4.